The molecule has 6 nitrogen and oxygen atoms in total. The fourth-order valence-electron chi connectivity index (χ4n) is 3.28. The first-order valence-electron chi connectivity index (χ1n) is 8.88. The van der Waals surface area contributed by atoms with Crippen molar-refractivity contribution in [2.45, 2.75) is 13.0 Å². The monoisotopic (exact) mass is 389 g/mol. The number of aryl methyl sites for hydroxylation is 1. The van der Waals surface area contributed by atoms with Gasteiger partial charge in [0.25, 0.3) is 5.78 Å². The summed E-state index contributed by atoms with van der Waals surface area (Å²) >= 11 is 0. The molecular formula is C22H16FN3O3. The van der Waals surface area contributed by atoms with Gasteiger partial charge in [-0.15, -0.1) is 0 Å². The summed E-state index contributed by atoms with van der Waals surface area (Å²) in [5.74, 6) is -2.47. The third-order valence-electron chi connectivity index (χ3n) is 4.72. The average Bonchev–Trinajstić information content (AvgIpc) is 3.00. The Morgan fingerprint density at radius 3 is 2.24 bits per heavy atom. The van der Waals surface area contributed by atoms with Crippen molar-refractivity contribution >= 4 is 23.4 Å². The lowest BCUT2D eigenvalue weighted by Gasteiger charge is -2.23. The molecule has 1 saturated heterocycles. The maximum absolute atomic E-state index is 13.5. The van der Waals surface area contributed by atoms with Crippen molar-refractivity contribution in [1.29, 1.82) is 0 Å². The van der Waals surface area contributed by atoms with Gasteiger partial charge in [0.2, 0.25) is 5.95 Å². The molecule has 1 N–H and O–H groups in total. The van der Waals surface area contributed by atoms with E-state index in [0.717, 1.165) is 10.5 Å². The number of aromatic nitrogens is 2. The van der Waals surface area contributed by atoms with Gasteiger partial charge in [0.05, 0.1) is 11.6 Å². The number of amides is 1. The average molecular weight is 389 g/mol. The van der Waals surface area contributed by atoms with E-state index in [0.29, 0.717) is 11.1 Å². The highest BCUT2D eigenvalue weighted by Gasteiger charge is 2.48. The minimum Gasteiger partial charge on any atom is -0.507 e. The van der Waals surface area contributed by atoms with Crippen LogP contribution < -0.4 is 4.90 Å². The molecule has 0 bridgehead atoms. The first-order valence-corrected chi connectivity index (χ1v) is 8.88. The molecule has 0 aliphatic carbocycles. The van der Waals surface area contributed by atoms with Gasteiger partial charge in [-0.2, -0.15) is 0 Å². The molecule has 1 fully saturated rings. The largest absolute Gasteiger partial charge is 0.507 e. The second kappa shape index (κ2) is 7.27. The Hall–Kier alpha value is -3.87. The highest BCUT2D eigenvalue weighted by atomic mass is 19.1. The van der Waals surface area contributed by atoms with Gasteiger partial charge in [0, 0.05) is 18.0 Å². The van der Waals surface area contributed by atoms with Crippen molar-refractivity contribution in [3.05, 3.63) is 95.1 Å². The molecule has 4 rings (SSSR count). The lowest BCUT2D eigenvalue weighted by atomic mass is 9.95. The predicted octanol–water partition coefficient (Wildman–Crippen LogP) is 3.55. The Kier molecular flexibility index (Phi) is 4.64. The summed E-state index contributed by atoms with van der Waals surface area (Å²) in [5.41, 5.74) is 1.73. The maximum atomic E-state index is 13.5. The van der Waals surface area contributed by atoms with Gasteiger partial charge in [0.15, 0.2) is 0 Å². The molecule has 0 spiro atoms. The van der Waals surface area contributed by atoms with Crippen LogP contribution in [0, 0.1) is 12.7 Å². The van der Waals surface area contributed by atoms with Crippen molar-refractivity contribution in [1.82, 2.24) is 9.97 Å². The zero-order valence-corrected chi connectivity index (χ0v) is 15.4. The van der Waals surface area contributed by atoms with E-state index < -0.39 is 23.5 Å². The summed E-state index contributed by atoms with van der Waals surface area (Å²) in [7, 11) is 0. The van der Waals surface area contributed by atoms with Crippen LogP contribution in [0.25, 0.3) is 5.76 Å². The quantitative estimate of drug-likeness (QED) is 0.421. The summed E-state index contributed by atoms with van der Waals surface area (Å²) in [6.07, 6.45) is 2.90. The van der Waals surface area contributed by atoms with E-state index in [-0.39, 0.29) is 17.3 Å². The first-order chi connectivity index (χ1) is 14.0. The second-order valence-corrected chi connectivity index (χ2v) is 6.64. The summed E-state index contributed by atoms with van der Waals surface area (Å²) < 4.78 is 13.5. The Morgan fingerprint density at radius 1 is 1.00 bits per heavy atom. The van der Waals surface area contributed by atoms with Crippen LogP contribution in [0.4, 0.5) is 10.3 Å². The third kappa shape index (κ3) is 3.27. The molecule has 1 amide bonds. The van der Waals surface area contributed by atoms with E-state index in [9.17, 15) is 19.1 Å². The standard InChI is InChI=1S/C22H16FN3O3/c1-13-3-5-15(6-4-13)19(27)17-18(14-7-9-16(23)10-8-14)26(21(29)20(17)28)22-24-11-2-12-25-22/h2-12,18,27H,1H3. The highest BCUT2D eigenvalue weighted by molar-refractivity contribution is 6.51. The number of aliphatic hydroxyl groups excluding tert-OH is 1. The zero-order valence-electron chi connectivity index (χ0n) is 15.4. The normalized spacial score (nSPS) is 18.3. The van der Waals surface area contributed by atoms with E-state index in [1.165, 1.54) is 36.7 Å². The number of nitrogens with zero attached hydrogens (tertiary/aromatic N) is 3. The summed E-state index contributed by atoms with van der Waals surface area (Å²) in [6, 6.07) is 12.9. The highest BCUT2D eigenvalue weighted by Crippen LogP contribution is 2.40. The van der Waals surface area contributed by atoms with Crippen LogP contribution in [0.1, 0.15) is 22.7 Å². The van der Waals surface area contributed by atoms with Crippen LogP contribution in [0.3, 0.4) is 0 Å². The molecule has 1 aromatic heterocycles. The van der Waals surface area contributed by atoms with Crippen LogP contribution in [0.2, 0.25) is 0 Å². The van der Waals surface area contributed by atoms with Crippen molar-refractivity contribution in [3.8, 4) is 0 Å². The molecule has 1 atom stereocenters. The number of benzene rings is 2. The van der Waals surface area contributed by atoms with Crippen LogP contribution in [0.15, 0.2) is 72.6 Å². The summed E-state index contributed by atoms with van der Waals surface area (Å²) in [4.78, 5) is 35.0. The lowest BCUT2D eigenvalue weighted by Crippen LogP contribution is -2.31. The van der Waals surface area contributed by atoms with Crippen LogP contribution in [0.5, 0.6) is 0 Å². The molecule has 2 aromatic carbocycles. The van der Waals surface area contributed by atoms with E-state index in [1.54, 1.807) is 30.3 Å². The molecule has 1 aliphatic heterocycles. The SMILES string of the molecule is Cc1ccc(C(O)=C2C(=O)C(=O)N(c3ncccn3)C2c2ccc(F)cc2)cc1. The predicted molar refractivity (Wildman–Crippen MR) is 104 cm³/mol. The Bertz CT molecular complexity index is 1110. The number of ketones is 1. The molecule has 1 aliphatic rings. The lowest BCUT2D eigenvalue weighted by molar-refractivity contribution is -0.132. The Morgan fingerprint density at radius 2 is 1.62 bits per heavy atom. The fourth-order valence-corrected chi connectivity index (χ4v) is 3.28. The molecule has 1 unspecified atom stereocenters. The number of carbonyl (C=O) groups excluding carboxylic acids is 2. The van der Waals surface area contributed by atoms with Crippen molar-refractivity contribution < 1.29 is 19.1 Å². The number of halogens is 1. The summed E-state index contributed by atoms with van der Waals surface area (Å²) in [6.45, 7) is 1.90. The van der Waals surface area contributed by atoms with E-state index >= 15 is 0 Å². The molecule has 0 radical (unpaired) electrons. The number of hydrogen-bond donors (Lipinski definition) is 1. The maximum Gasteiger partial charge on any atom is 0.302 e. The smallest absolute Gasteiger partial charge is 0.302 e. The van der Waals surface area contributed by atoms with Gasteiger partial charge in [-0.05, 0) is 30.7 Å². The number of rotatable bonds is 3. The van der Waals surface area contributed by atoms with Gasteiger partial charge in [0.1, 0.15) is 11.6 Å². The van der Waals surface area contributed by atoms with Gasteiger partial charge in [-0.3, -0.25) is 14.5 Å². The minimum absolute atomic E-state index is 0.0203. The molecule has 0 saturated carbocycles. The first kappa shape index (κ1) is 18.5. The third-order valence-corrected chi connectivity index (χ3v) is 4.72. The molecule has 7 heteroatoms. The molecular weight excluding hydrogens is 373 g/mol. The van der Waals surface area contributed by atoms with Gasteiger partial charge < -0.3 is 5.11 Å². The molecule has 3 aromatic rings. The number of Topliss-reactive ketones (excluding diaryl/α,β-unsaturated/α-hetero) is 1. The second-order valence-electron chi connectivity index (χ2n) is 6.64. The Labute approximate surface area is 166 Å². The van der Waals surface area contributed by atoms with Crippen molar-refractivity contribution in [2.75, 3.05) is 4.90 Å². The molecule has 2 heterocycles. The van der Waals surface area contributed by atoms with Crippen LogP contribution in [-0.4, -0.2) is 26.8 Å². The van der Waals surface area contributed by atoms with Gasteiger partial charge in [-0.1, -0.05) is 42.0 Å². The van der Waals surface area contributed by atoms with Crippen molar-refractivity contribution in [2.24, 2.45) is 0 Å². The number of hydrogen-bond acceptors (Lipinski definition) is 5. The molecule has 29 heavy (non-hydrogen) atoms. The van der Waals surface area contributed by atoms with E-state index in [4.69, 9.17) is 0 Å². The fraction of sp³-hybridized carbons (Fsp3) is 0.0909. The van der Waals surface area contributed by atoms with E-state index in [1.807, 2.05) is 6.92 Å². The minimum atomic E-state index is -0.987. The molecule has 144 valence electrons. The van der Waals surface area contributed by atoms with Gasteiger partial charge >= 0.3 is 5.91 Å². The number of carbonyl (C=O) groups is 2. The van der Waals surface area contributed by atoms with Crippen LogP contribution in [-0.2, 0) is 9.59 Å². The number of aliphatic hydroxyl groups is 1. The number of anilines is 1. The van der Waals surface area contributed by atoms with Crippen LogP contribution >= 0.6 is 0 Å². The Balaban J connectivity index is 1.94. The zero-order chi connectivity index (χ0) is 20.5. The van der Waals surface area contributed by atoms with Gasteiger partial charge in [-0.25, -0.2) is 14.4 Å². The van der Waals surface area contributed by atoms with Crippen molar-refractivity contribution in [3.63, 3.8) is 0 Å². The topological polar surface area (TPSA) is 83.4 Å². The summed E-state index contributed by atoms with van der Waals surface area (Å²) in [5, 5.41) is 10.9. The van der Waals surface area contributed by atoms with E-state index in [2.05, 4.69) is 9.97 Å².